The van der Waals surface area contributed by atoms with Gasteiger partial charge in [0.2, 0.25) is 5.91 Å². The molecule has 1 N–H and O–H groups in total. The number of rotatable bonds is 6. The molecule has 0 atom stereocenters. The van der Waals surface area contributed by atoms with Gasteiger partial charge in [-0.3, -0.25) is 24.3 Å². The van der Waals surface area contributed by atoms with Crippen molar-refractivity contribution in [1.29, 1.82) is 0 Å². The predicted octanol–water partition coefficient (Wildman–Crippen LogP) is 2.27. The Morgan fingerprint density at radius 2 is 1.85 bits per heavy atom. The van der Waals surface area contributed by atoms with Crippen LogP contribution in [0.4, 0.5) is 5.69 Å². The van der Waals surface area contributed by atoms with E-state index in [2.05, 4.69) is 5.32 Å². The SMILES string of the molecule is O=C(Cn1c(=O)ccc2cc([N+](=O)[O-])ccc21)NCCc1ccccc1. The van der Waals surface area contributed by atoms with Gasteiger partial charge in [-0.1, -0.05) is 30.3 Å². The Morgan fingerprint density at radius 1 is 1.08 bits per heavy atom. The largest absolute Gasteiger partial charge is 0.354 e. The van der Waals surface area contributed by atoms with Gasteiger partial charge in [-0.05, 0) is 24.1 Å². The first-order valence-electron chi connectivity index (χ1n) is 8.13. The summed E-state index contributed by atoms with van der Waals surface area (Å²) in [6.45, 7) is 0.330. The third-order valence-corrected chi connectivity index (χ3v) is 4.06. The number of non-ortho nitro benzene ring substituents is 1. The highest BCUT2D eigenvalue weighted by Gasteiger charge is 2.11. The molecule has 0 fully saturated rings. The number of pyridine rings is 1. The van der Waals surface area contributed by atoms with E-state index in [1.54, 1.807) is 0 Å². The monoisotopic (exact) mass is 351 g/mol. The summed E-state index contributed by atoms with van der Waals surface area (Å²) in [4.78, 5) is 34.7. The van der Waals surface area contributed by atoms with Crippen LogP contribution < -0.4 is 10.9 Å². The number of carbonyl (C=O) groups is 1. The lowest BCUT2D eigenvalue weighted by Crippen LogP contribution is -2.33. The van der Waals surface area contributed by atoms with E-state index in [0.29, 0.717) is 23.9 Å². The number of aromatic nitrogens is 1. The van der Waals surface area contributed by atoms with Crippen molar-refractivity contribution in [1.82, 2.24) is 9.88 Å². The highest BCUT2D eigenvalue weighted by Crippen LogP contribution is 2.19. The van der Waals surface area contributed by atoms with Crippen molar-refractivity contribution < 1.29 is 9.72 Å². The van der Waals surface area contributed by atoms with Crippen molar-refractivity contribution in [3.63, 3.8) is 0 Å². The molecular formula is C19H17N3O4. The number of hydrogen-bond acceptors (Lipinski definition) is 4. The number of hydrogen-bond donors (Lipinski definition) is 1. The van der Waals surface area contributed by atoms with Gasteiger partial charge in [-0.15, -0.1) is 0 Å². The third kappa shape index (κ3) is 3.94. The lowest BCUT2D eigenvalue weighted by atomic mass is 10.1. The van der Waals surface area contributed by atoms with Crippen LogP contribution in [0.2, 0.25) is 0 Å². The van der Waals surface area contributed by atoms with Crippen LogP contribution in [-0.4, -0.2) is 21.9 Å². The first-order chi connectivity index (χ1) is 12.5. The summed E-state index contributed by atoms with van der Waals surface area (Å²) in [7, 11) is 0. The second-order valence-electron chi connectivity index (χ2n) is 5.84. The van der Waals surface area contributed by atoms with E-state index in [1.807, 2.05) is 30.3 Å². The van der Waals surface area contributed by atoms with Crippen LogP contribution in [0.5, 0.6) is 0 Å². The van der Waals surface area contributed by atoms with Gasteiger partial charge >= 0.3 is 0 Å². The maximum atomic E-state index is 12.2. The summed E-state index contributed by atoms with van der Waals surface area (Å²) in [6.07, 6.45) is 0.698. The first-order valence-corrected chi connectivity index (χ1v) is 8.13. The van der Waals surface area contributed by atoms with E-state index in [1.165, 1.54) is 34.9 Å². The Hall–Kier alpha value is -3.48. The molecule has 0 aliphatic rings. The van der Waals surface area contributed by atoms with Crippen molar-refractivity contribution in [2.75, 3.05) is 6.54 Å². The van der Waals surface area contributed by atoms with Crippen LogP contribution in [0.3, 0.4) is 0 Å². The predicted molar refractivity (Wildman–Crippen MR) is 98.0 cm³/mol. The summed E-state index contributed by atoms with van der Waals surface area (Å²) in [5.41, 5.74) is 1.21. The molecule has 1 amide bonds. The number of amides is 1. The molecular weight excluding hydrogens is 334 g/mol. The number of nitrogens with zero attached hydrogens (tertiary/aromatic N) is 2. The van der Waals surface area contributed by atoms with E-state index < -0.39 is 4.92 Å². The van der Waals surface area contributed by atoms with Crippen LogP contribution in [0.1, 0.15) is 5.56 Å². The van der Waals surface area contributed by atoms with Gasteiger partial charge < -0.3 is 5.32 Å². The summed E-state index contributed by atoms with van der Waals surface area (Å²) < 4.78 is 1.32. The summed E-state index contributed by atoms with van der Waals surface area (Å²) in [5.74, 6) is -0.283. The fraction of sp³-hybridized carbons (Fsp3) is 0.158. The van der Waals surface area contributed by atoms with Gasteiger partial charge in [-0.25, -0.2) is 0 Å². The number of carbonyl (C=O) groups excluding carboxylic acids is 1. The molecule has 0 aliphatic heterocycles. The van der Waals surface area contributed by atoms with Gasteiger partial charge in [0.15, 0.2) is 0 Å². The standard InChI is InChI=1S/C19H17N3O4/c23-18(20-11-10-14-4-2-1-3-5-14)13-21-17-8-7-16(22(25)26)12-15(17)6-9-19(21)24/h1-9,12H,10-11,13H2,(H,20,23). The Labute approximate surface area is 149 Å². The molecule has 0 spiro atoms. The fourth-order valence-corrected chi connectivity index (χ4v) is 2.76. The molecule has 7 heteroatoms. The van der Waals surface area contributed by atoms with Crippen molar-refractivity contribution in [3.8, 4) is 0 Å². The molecule has 3 rings (SSSR count). The van der Waals surface area contributed by atoms with Crippen molar-refractivity contribution in [2.24, 2.45) is 0 Å². The molecule has 1 aromatic heterocycles. The average Bonchev–Trinajstić information content (AvgIpc) is 2.64. The molecule has 7 nitrogen and oxygen atoms in total. The Kier molecular flexibility index (Phi) is 5.07. The summed E-state index contributed by atoms with van der Waals surface area (Å²) in [6, 6.07) is 16.8. The van der Waals surface area contributed by atoms with E-state index in [4.69, 9.17) is 0 Å². The van der Waals surface area contributed by atoms with Crippen molar-refractivity contribution >= 4 is 22.5 Å². The zero-order valence-corrected chi connectivity index (χ0v) is 13.9. The number of nitrogens with one attached hydrogen (secondary N) is 1. The molecule has 2 aromatic carbocycles. The van der Waals surface area contributed by atoms with E-state index in [0.717, 1.165) is 5.56 Å². The minimum absolute atomic E-state index is 0.0602. The van der Waals surface area contributed by atoms with E-state index in [-0.39, 0.29) is 23.7 Å². The smallest absolute Gasteiger partial charge is 0.270 e. The Morgan fingerprint density at radius 3 is 2.58 bits per heavy atom. The molecule has 0 aliphatic carbocycles. The van der Waals surface area contributed by atoms with Crippen molar-refractivity contribution in [3.05, 3.63) is 86.7 Å². The zero-order chi connectivity index (χ0) is 18.5. The van der Waals surface area contributed by atoms with Crippen LogP contribution in [0, 0.1) is 10.1 Å². The van der Waals surface area contributed by atoms with Crippen LogP contribution >= 0.6 is 0 Å². The average molecular weight is 351 g/mol. The molecule has 3 aromatic rings. The molecule has 0 saturated carbocycles. The maximum Gasteiger partial charge on any atom is 0.270 e. The molecule has 0 bridgehead atoms. The van der Waals surface area contributed by atoms with Gasteiger partial charge in [0.1, 0.15) is 6.54 Å². The summed E-state index contributed by atoms with van der Waals surface area (Å²) >= 11 is 0. The highest BCUT2D eigenvalue weighted by atomic mass is 16.6. The van der Waals surface area contributed by atoms with Crippen LogP contribution in [0.15, 0.2) is 65.5 Å². The van der Waals surface area contributed by atoms with Crippen LogP contribution in [0.25, 0.3) is 10.9 Å². The number of nitro benzene ring substituents is 1. The Balaban J connectivity index is 1.73. The lowest BCUT2D eigenvalue weighted by molar-refractivity contribution is -0.384. The minimum atomic E-state index is -0.495. The van der Waals surface area contributed by atoms with Gasteiger partial charge in [0, 0.05) is 30.1 Å². The summed E-state index contributed by atoms with van der Waals surface area (Å²) in [5, 5.41) is 14.2. The fourth-order valence-electron chi connectivity index (χ4n) is 2.76. The number of fused-ring (bicyclic) bond motifs is 1. The quantitative estimate of drug-likeness (QED) is 0.544. The van der Waals surface area contributed by atoms with Crippen molar-refractivity contribution in [2.45, 2.75) is 13.0 Å². The molecule has 26 heavy (non-hydrogen) atoms. The molecule has 0 radical (unpaired) electrons. The van der Waals surface area contributed by atoms with Gasteiger partial charge in [-0.2, -0.15) is 0 Å². The first kappa shape index (κ1) is 17.3. The van der Waals surface area contributed by atoms with Gasteiger partial charge in [0.05, 0.1) is 10.4 Å². The zero-order valence-electron chi connectivity index (χ0n) is 13.9. The second kappa shape index (κ2) is 7.60. The molecule has 0 saturated heterocycles. The van der Waals surface area contributed by atoms with Gasteiger partial charge in [0.25, 0.3) is 11.2 Å². The van der Waals surface area contributed by atoms with E-state index >= 15 is 0 Å². The third-order valence-electron chi connectivity index (χ3n) is 4.06. The van der Waals surface area contributed by atoms with E-state index in [9.17, 15) is 19.7 Å². The normalized spacial score (nSPS) is 10.6. The molecule has 1 heterocycles. The molecule has 0 unspecified atom stereocenters. The number of benzene rings is 2. The molecule has 132 valence electrons. The lowest BCUT2D eigenvalue weighted by Gasteiger charge is -2.10. The highest BCUT2D eigenvalue weighted by molar-refractivity contribution is 5.83. The maximum absolute atomic E-state index is 12.2. The van der Waals surface area contributed by atoms with Crippen LogP contribution in [-0.2, 0) is 17.8 Å². The second-order valence-corrected chi connectivity index (χ2v) is 5.84. The Bertz CT molecular complexity index is 1010. The number of nitro groups is 1. The minimum Gasteiger partial charge on any atom is -0.354 e. The topological polar surface area (TPSA) is 94.2 Å².